The fraction of sp³-hybridized carbons (Fsp3) is 0.489. The zero-order chi connectivity index (χ0) is 44.0. The molecule has 322 valence electrons. The number of nitrogens with one attached hydrogen (secondary N) is 1. The van der Waals surface area contributed by atoms with Gasteiger partial charge in [-0.1, -0.05) is 64.1 Å². The normalized spacial score (nSPS) is 14.3. The average molecular weight is 819 g/mol. The minimum Gasteiger partial charge on any atom is -0.508 e. The number of hydrogen-bond donors (Lipinski definition) is 3. The summed E-state index contributed by atoms with van der Waals surface area (Å²) in [5, 5.41) is 22.5. The quantitative estimate of drug-likeness (QED) is 0.130. The number of benzene rings is 3. The first-order valence-electron chi connectivity index (χ1n) is 19.9. The number of likely N-dealkylation sites (N-methyl/N-ethyl adjacent to an activating group) is 3. The van der Waals surface area contributed by atoms with Gasteiger partial charge in [0.25, 0.3) is 5.91 Å². The van der Waals surface area contributed by atoms with Gasteiger partial charge in [-0.05, 0) is 98.8 Å². The van der Waals surface area contributed by atoms with E-state index in [0.717, 1.165) is 11.1 Å². The van der Waals surface area contributed by atoms with Gasteiger partial charge in [0.05, 0.1) is 14.2 Å². The molecule has 0 fully saturated rings. The summed E-state index contributed by atoms with van der Waals surface area (Å²) in [6.45, 7) is 7.20. The summed E-state index contributed by atoms with van der Waals surface area (Å²) in [7, 11) is 9.27. The molecule has 0 bridgehead atoms. The van der Waals surface area contributed by atoms with Gasteiger partial charge in [-0.25, -0.2) is 4.79 Å². The summed E-state index contributed by atoms with van der Waals surface area (Å²) >= 11 is 0. The van der Waals surface area contributed by atoms with Crippen molar-refractivity contribution in [1.82, 2.24) is 20.0 Å². The second kappa shape index (κ2) is 22.5. The number of rotatable bonds is 21. The second-order valence-corrected chi connectivity index (χ2v) is 15.5. The van der Waals surface area contributed by atoms with Crippen LogP contribution in [0.5, 0.6) is 17.2 Å². The highest BCUT2D eigenvalue weighted by Crippen LogP contribution is 2.22. The molecule has 59 heavy (non-hydrogen) atoms. The molecular formula is C45H62N4O10. The lowest BCUT2D eigenvalue weighted by molar-refractivity contribution is -0.164. The zero-order valence-electron chi connectivity index (χ0n) is 36.0. The molecular weight excluding hydrogens is 757 g/mol. The summed E-state index contributed by atoms with van der Waals surface area (Å²) in [6.07, 6.45) is 0.193. The van der Waals surface area contributed by atoms with Crippen LogP contribution in [0.1, 0.15) is 57.2 Å². The maximum Gasteiger partial charge on any atom is 0.328 e. The number of esters is 2. The number of carbonyl (C=O) groups excluding carboxylic acids is 5. The first kappa shape index (κ1) is 47.7. The SMILES string of the molecule is CC[C@@H](C)[C@@H](OC(=O)[C@@H](Cc1ccc(OC)cc1)N(C)C)C(=O)N[C@H](C(=O)N(C)[C@H](Cc1ccc(O)cc1)C(=O)N(C)[C@H](CCc1ccc(O)cc1)C(=O)OC)C(C)C. The summed E-state index contributed by atoms with van der Waals surface area (Å²) in [6, 6.07) is 16.1. The van der Waals surface area contributed by atoms with Gasteiger partial charge in [-0.15, -0.1) is 0 Å². The average Bonchev–Trinajstić information content (AvgIpc) is 3.22. The Kier molecular flexibility index (Phi) is 18.2. The van der Waals surface area contributed by atoms with Crippen LogP contribution in [-0.2, 0) is 52.7 Å². The highest BCUT2D eigenvalue weighted by molar-refractivity contribution is 5.95. The first-order valence-corrected chi connectivity index (χ1v) is 19.9. The number of methoxy groups -OCH3 is 2. The topological polar surface area (TPSA) is 175 Å². The van der Waals surface area contributed by atoms with Gasteiger partial charge in [0.15, 0.2) is 6.10 Å². The monoisotopic (exact) mass is 818 g/mol. The van der Waals surface area contributed by atoms with E-state index in [0.29, 0.717) is 30.6 Å². The van der Waals surface area contributed by atoms with E-state index in [9.17, 15) is 34.2 Å². The van der Waals surface area contributed by atoms with Crippen molar-refractivity contribution in [2.45, 2.75) is 90.1 Å². The van der Waals surface area contributed by atoms with Gasteiger partial charge in [0.2, 0.25) is 11.8 Å². The Morgan fingerprint density at radius 3 is 1.63 bits per heavy atom. The Labute approximate surface area is 348 Å². The third-order valence-electron chi connectivity index (χ3n) is 10.8. The van der Waals surface area contributed by atoms with E-state index in [-0.39, 0.29) is 24.3 Å². The Balaban J connectivity index is 1.90. The lowest BCUT2D eigenvalue weighted by Gasteiger charge is -2.36. The van der Waals surface area contributed by atoms with Crippen molar-refractivity contribution in [3.8, 4) is 17.2 Å². The van der Waals surface area contributed by atoms with E-state index < -0.39 is 71.8 Å². The Hall–Kier alpha value is -5.63. The number of nitrogens with zero attached hydrogens (tertiary/aromatic N) is 3. The summed E-state index contributed by atoms with van der Waals surface area (Å²) in [5.41, 5.74) is 2.33. The van der Waals surface area contributed by atoms with Crippen LogP contribution in [0.25, 0.3) is 0 Å². The van der Waals surface area contributed by atoms with E-state index in [1.165, 1.54) is 55.3 Å². The van der Waals surface area contributed by atoms with Crippen molar-refractivity contribution in [2.24, 2.45) is 11.8 Å². The molecule has 0 unspecified atom stereocenters. The molecule has 3 aromatic rings. The van der Waals surface area contributed by atoms with Crippen molar-refractivity contribution in [1.29, 1.82) is 0 Å². The van der Waals surface area contributed by atoms with Crippen LogP contribution in [0.2, 0.25) is 0 Å². The van der Waals surface area contributed by atoms with Crippen molar-refractivity contribution in [3.05, 3.63) is 89.5 Å². The molecule has 14 heteroatoms. The number of hydrogen-bond acceptors (Lipinski definition) is 11. The predicted octanol–water partition coefficient (Wildman–Crippen LogP) is 4.38. The van der Waals surface area contributed by atoms with Crippen LogP contribution in [0.15, 0.2) is 72.8 Å². The Bertz CT molecular complexity index is 1830. The van der Waals surface area contributed by atoms with Gasteiger partial charge in [-0.3, -0.25) is 24.1 Å². The van der Waals surface area contributed by atoms with Crippen molar-refractivity contribution in [2.75, 3.05) is 42.4 Å². The van der Waals surface area contributed by atoms with Crippen LogP contribution in [0.4, 0.5) is 0 Å². The van der Waals surface area contributed by atoms with Gasteiger partial charge >= 0.3 is 11.9 Å². The smallest absolute Gasteiger partial charge is 0.328 e. The predicted molar refractivity (Wildman–Crippen MR) is 224 cm³/mol. The summed E-state index contributed by atoms with van der Waals surface area (Å²) in [4.78, 5) is 74.3. The standard InChI is InChI=1S/C45H62N4O10/c1-11-29(4)40(59-45(56)38(47(5)6)27-32-16-23-35(57-9)24-17-32)41(52)46-39(28(2)3)43(54)49(8)37(26-31-14-21-34(51)22-15-31)42(53)48(7)36(44(55)58-10)25-18-30-12-19-33(50)20-13-30/h12-17,19-24,28-29,36-40,50-51H,11,18,25-27H2,1-10H3,(H,46,52)/t29-,36-,37-,38-,39+,40-/m1/s1. The molecule has 0 radical (unpaired) electrons. The van der Waals surface area contributed by atoms with Gasteiger partial charge in [0.1, 0.15) is 41.4 Å². The molecule has 0 spiro atoms. The molecule has 3 aromatic carbocycles. The Morgan fingerprint density at radius 1 is 0.661 bits per heavy atom. The van der Waals surface area contributed by atoms with Crippen LogP contribution in [0, 0.1) is 11.8 Å². The van der Waals surface area contributed by atoms with Crippen LogP contribution < -0.4 is 10.1 Å². The van der Waals surface area contributed by atoms with Crippen LogP contribution in [0.3, 0.4) is 0 Å². The lowest BCUT2D eigenvalue weighted by atomic mass is 9.96. The number of ether oxygens (including phenoxy) is 3. The number of aromatic hydroxyl groups is 2. The zero-order valence-corrected chi connectivity index (χ0v) is 36.0. The number of aryl methyl sites for hydroxylation is 1. The van der Waals surface area contributed by atoms with Gasteiger partial charge in [-0.2, -0.15) is 0 Å². The third kappa shape index (κ3) is 13.5. The minimum atomic E-state index is -1.22. The second-order valence-electron chi connectivity index (χ2n) is 15.5. The maximum atomic E-state index is 14.5. The molecule has 0 aliphatic heterocycles. The molecule has 0 aliphatic rings. The third-order valence-corrected chi connectivity index (χ3v) is 10.8. The van der Waals surface area contributed by atoms with Crippen LogP contribution in [-0.4, -0.2) is 127 Å². The highest BCUT2D eigenvalue weighted by Gasteiger charge is 2.40. The molecule has 0 aliphatic carbocycles. The molecule has 6 atom stereocenters. The van der Waals surface area contributed by atoms with E-state index >= 15 is 0 Å². The molecule has 3 amide bonds. The molecule has 0 saturated heterocycles. The van der Waals surface area contributed by atoms with E-state index in [1.54, 1.807) is 83.3 Å². The van der Waals surface area contributed by atoms with E-state index in [4.69, 9.17) is 14.2 Å². The first-order chi connectivity index (χ1) is 27.9. The highest BCUT2D eigenvalue weighted by atomic mass is 16.6. The van der Waals surface area contributed by atoms with Crippen molar-refractivity contribution >= 4 is 29.7 Å². The van der Waals surface area contributed by atoms with Crippen molar-refractivity contribution < 1.29 is 48.4 Å². The fourth-order valence-electron chi connectivity index (χ4n) is 6.63. The number of phenolic OH excluding ortho intramolecular Hbond substituents is 2. The maximum absolute atomic E-state index is 14.5. The van der Waals surface area contributed by atoms with E-state index in [1.807, 2.05) is 19.1 Å². The minimum absolute atomic E-state index is 0.0174. The number of carbonyl (C=O) groups is 5. The molecule has 3 N–H and O–H groups in total. The fourth-order valence-corrected chi connectivity index (χ4v) is 6.63. The largest absolute Gasteiger partial charge is 0.508 e. The molecule has 0 saturated carbocycles. The molecule has 0 aromatic heterocycles. The van der Waals surface area contributed by atoms with Gasteiger partial charge < -0.3 is 39.5 Å². The van der Waals surface area contributed by atoms with Crippen molar-refractivity contribution in [3.63, 3.8) is 0 Å². The molecule has 14 nitrogen and oxygen atoms in total. The number of phenols is 2. The van der Waals surface area contributed by atoms with E-state index in [2.05, 4.69) is 5.32 Å². The van der Waals surface area contributed by atoms with Crippen LogP contribution >= 0.6 is 0 Å². The summed E-state index contributed by atoms with van der Waals surface area (Å²) < 4.78 is 16.3. The lowest BCUT2D eigenvalue weighted by Crippen LogP contribution is -2.59. The molecule has 0 heterocycles. The molecule has 3 rings (SSSR count). The van der Waals surface area contributed by atoms with Gasteiger partial charge in [0, 0.05) is 26.4 Å². The summed E-state index contributed by atoms with van der Waals surface area (Å²) in [5.74, 6) is -3.06. The number of amides is 3. The Morgan fingerprint density at radius 2 is 1.15 bits per heavy atom.